The van der Waals surface area contributed by atoms with Gasteiger partial charge in [0, 0.05) is 0 Å². The van der Waals surface area contributed by atoms with Gasteiger partial charge in [-0.3, -0.25) is 0 Å². The van der Waals surface area contributed by atoms with Gasteiger partial charge in [0.15, 0.2) is 6.61 Å². The molecule has 1 fully saturated rings. The zero-order valence-electron chi connectivity index (χ0n) is 14.5. The molecule has 1 saturated carbocycles. The van der Waals surface area contributed by atoms with Gasteiger partial charge in [0.2, 0.25) is 0 Å². The van der Waals surface area contributed by atoms with Crippen LogP contribution in [-0.4, -0.2) is 29.8 Å². The van der Waals surface area contributed by atoms with Crippen LogP contribution in [0.15, 0.2) is 24.3 Å². The number of benzene rings is 1. The van der Waals surface area contributed by atoms with Gasteiger partial charge in [-0.25, -0.2) is 9.59 Å². The number of aromatic hydroxyl groups is 1. The molecule has 0 aromatic heterocycles. The second-order valence-electron chi connectivity index (χ2n) is 6.98. The van der Waals surface area contributed by atoms with Crippen LogP contribution in [0.5, 0.6) is 5.75 Å². The minimum absolute atomic E-state index is 0.0668. The highest BCUT2D eigenvalue weighted by molar-refractivity contribution is 5.90. The van der Waals surface area contributed by atoms with Gasteiger partial charge in [-0.15, -0.1) is 0 Å². The van der Waals surface area contributed by atoms with Gasteiger partial charge >= 0.3 is 11.9 Å². The highest BCUT2D eigenvalue weighted by Gasteiger charge is 2.33. The van der Waals surface area contributed by atoms with Gasteiger partial charge in [-0.1, -0.05) is 27.2 Å². The van der Waals surface area contributed by atoms with Gasteiger partial charge < -0.3 is 14.6 Å². The molecule has 0 bridgehead atoms. The summed E-state index contributed by atoms with van der Waals surface area (Å²) in [7, 11) is 0. The summed E-state index contributed by atoms with van der Waals surface area (Å²) in [5, 5.41) is 9.20. The summed E-state index contributed by atoms with van der Waals surface area (Å²) < 4.78 is 10.6. The van der Waals surface area contributed by atoms with Crippen molar-refractivity contribution in [3.8, 4) is 5.75 Å². The largest absolute Gasteiger partial charge is 0.508 e. The van der Waals surface area contributed by atoms with Gasteiger partial charge in [0.05, 0.1) is 5.56 Å². The lowest BCUT2D eigenvalue weighted by atomic mass is 9.75. The fourth-order valence-corrected chi connectivity index (χ4v) is 3.26. The van der Waals surface area contributed by atoms with Crippen molar-refractivity contribution < 1.29 is 24.2 Å². The van der Waals surface area contributed by atoms with Crippen molar-refractivity contribution in [2.75, 3.05) is 6.61 Å². The molecule has 1 aromatic carbocycles. The Kier molecular flexibility index (Phi) is 6.23. The maximum Gasteiger partial charge on any atom is 0.344 e. The van der Waals surface area contributed by atoms with Crippen molar-refractivity contribution in [2.24, 2.45) is 17.8 Å². The van der Waals surface area contributed by atoms with E-state index in [9.17, 15) is 14.7 Å². The second-order valence-corrected chi connectivity index (χ2v) is 6.98. The number of esters is 2. The normalized spacial score (nSPS) is 23.8. The fraction of sp³-hybridized carbons (Fsp3) is 0.579. The third-order valence-corrected chi connectivity index (χ3v) is 4.67. The Morgan fingerprint density at radius 2 is 1.88 bits per heavy atom. The molecule has 0 unspecified atom stereocenters. The molecule has 0 amide bonds. The zero-order chi connectivity index (χ0) is 17.7. The highest BCUT2D eigenvalue weighted by Crippen LogP contribution is 2.35. The molecule has 5 heteroatoms. The molecule has 1 N–H and O–H groups in total. The number of hydrogen-bond donors (Lipinski definition) is 1. The number of phenols is 1. The molecule has 1 aromatic rings. The molecular weight excluding hydrogens is 308 g/mol. The SMILES string of the molecule is CC(C)[C@H]1CC[C@@H](C)C[C@H]1OC(=O)COC(=O)c1ccc(O)cc1. The molecule has 2 rings (SSSR count). The Bertz CT molecular complexity index is 564. The summed E-state index contributed by atoms with van der Waals surface area (Å²) in [5.41, 5.74) is 0.284. The third kappa shape index (κ3) is 4.98. The molecular formula is C19H26O5. The van der Waals surface area contributed by atoms with Gasteiger partial charge in [-0.05, 0) is 54.9 Å². The lowest BCUT2D eigenvalue weighted by Gasteiger charge is -2.36. The molecule has 0 saturated heterocycles. The zero-order valence-corrected chi connectivity index (χ0v) is 14.5. The predicted molar refractivity (Wildman–Crippen MR) is 89.6 cm³/mol. The van der Waals surface area contributed by atoms with Crippen LogP contribution in [0.2, 0.25) is 0 Å². The van der Waals surface area contributed by atoms with Crippen LogP contribution < -0.4 is 0 Å². The Morgan fingerprint density at radius 1 is 1.21 bits per heavy atom. The standard InChI is InChI=1S/C19H26O5/c1-12(2)16-9-4-13(3)10-17(16)24-18(21)11-23-19(22)14-5-7-15(20)8-6-14/h5-8,12-13,16-17,20H,4,9-11H2,1-3H3/t13-,16-,17-/m1/s1. The summed E-state index contributed by atoms with van der Waals surface area (Å²) in [6, 6.07) is 5.68. The van der Waals surface area contributed by atoms with Crippen LogP contribution in [0, 0.1) is 17.8 Å². The maximum absolute atomic E-state index is 12.0. The van der Waals surface area contributed by atoms with Crippen molar-refractivity contribution in [3.63, 3.8) is 0 Å². The summed E-state index contributed by atoms with van der Waals surface area (Å²) >= 11 is 0. The monoisotopic (exact) mass is 334 g/mol. The topological polar surface area (TPSA) is 72.8 Å². The smallest absolute Gasteiger partial charge is 0.344 e. The molecule has 0 aliphatic heterocycles. The fourth-order valence-electron chi connectivity index (χ4n) is 3.26. The van der Waals surface area contributed by atoms with Gasteiger partial charge in [0.25, 0.3) is 0 Å². The number of hydrogen-bond acceptors (Lipinski definition) is 5. The van der Waals surface area contributed by atoms with E-state index in [4.69, 9.17) is 9.47 Å². The lowest BCUT2D eigenvalue weighted by molar-refractivity contribution is -0.159. The first-order valence-electron chi connectivity index (χ1n) is 8.52. The summed E-state index contributed by atoms with van der Waals surface area (Å²) in [6.07, 6.45) is 2.98. The van der Waals surface area contributed by atoms with E-state index in [1.165, 1.54) is 24.3 Å². The van der Waals surface area contributed by atoms with Crippen LogP contribution in [0.1, 0.15) is 50.4 Å². The molecule has 5 nitrogen and oxygen atoms in total. The van der Waals surface area contributed by atoms with E-state index in [2.05, 4.69) is 20.8 Å². The van der Waals surface area contributed by atoms with E-state index < -0.39 is 18.5 Å². The number of carbonyl (C=O) groups excluding carboxylic acids is 2. The highest BCUT2D eigenvalue weighted by atomic mass is 16.6. The molecule has 0 heterocycles. The molecule has 0 spiro atoms. The minimum Gasteiger partial charge on any atom is -0.508 e. The van der Waals surface area contributed by atoms with E-state index in [1.807, 2.05) is 0 Å². The Labute approximate surface area is 143 Å². The first kappa shape index (κ1) is 18.3. The predicted octanol–water partition coefficient (Wildman–Crippen LogP) is 3.55. The van der Waals surface area contributed by atoms with Crippen molar-refractivity contribution in [1.29, 1.82) is 0 Å². The van der Waals surface area contributed by atoms with Crippen LogP contribution >= 0.6 is 0 Å². The van der Waals surface area contributed by atoms with Crippen LogP contribution in [0.3, 0.4) is 0 Å². The van der Waals surface area contributed by atoms with Crippen molar-refractivity contribution in [3.05, 3.63) is 29.8 Å². The van der Waals surface area contributed by atoms with E-state index in [-0.39, 0.29) is 17.4 Å². The molecule has 1 aliphatic carbocycles. The molecule has 24 heavy (non-hydrogen) atoms. The first-order chi connectivity index (χ1) is 11.4. The van der Waals surface area contributed by atoms with Crippen molar-refractivity contribution in [2.45, 2.75) is 46.1 Å². The number of rotatable bonds is 5. The summed E-state index contributed by atoms with van der Waals surface area (Å²) in [6.45, 7) is 6.07. The van der Waals surface area contributed by atoms with Gasteiger partial charge in [-0.2, -0.15) is 0 Å². The van der Waals surface area contributed by atoms with E-state index in [0.717, 1.165) is 19.3 Å². The Balaban J connectivity index is 1.85. The number of phenolic OH excluding ortho intramolecular Hbond substituents is 1. The first-order valence-corrected chi connectivity index (χ1v) is 8.52. The molecule has 3 atom stereocenters. The van der Waals surface area contributed by atoms with Crippen molar-refractivity contribution in [1.82, 2.24) is 0 Å². The van der Waals surface area contributed by atoms with E-state index in [1.54, 1.807) is 0 Å². The minimum atomic E-state index is -0.607. The second kappa shape index (κ2) is 8.18. The van der Waals surface area contributed by atoms with E-state index >= 15 is 0 Å². The summed E-state index contributed by atoms with van der Waals surface area (Å²) in [5.74, 6) is 0.304. The molecule has 132 valence electrons. The van der Waals surface area contributed by atoms with Crippen LogP contribution in [-0.2, 0) is 14.3 Å². The molecule has 1 aliphatic rings. The Hall–Kier alpha value is -2.04. The van der Waals surface area contributed by atoms with E-state index in [0.29, 0.717) is 17.8 Å². The maximum atomic E-state index is 12.0. The third-order valence-electron chi connectivity index (χ3n) is 4.67. The summed E-state index contributed by atoms with van der Waals surface area (Å²) in [4.78, 5) is 23.9. The Morgan fingerprint density at radius 3 is 2.50 bits per heavy atom. The van der Waals surface area contributed by atoms with Gasteiger partial charge in [0.1, 0.15) is 11.9 Å². The average Bonchev–Trinajstić information content (AvgIpc) is 2.53. The average molecular weight is 334 g/mol. The number of carbonyl (C=O) groups is 2. The van der Waals surface area contributed by atoms with Crippen LogP contribution in [0.25, 0.3) is 0 Å². The quantitative estimate of drug-likeness (QED) is 0.834. The number of ether oxygens (including phenoxy) is 2. The molecule has 0 radical (unpaired) electrons. The van der Waals surface area contributed by atoms with Crippen LogP contribution in [0.4, 0.5) is 0 Å². The van der Waals surface area contributed by atoms with Crippen molar-refractivity contribution >= 4 is 11.9 Å². The lowest BCUT2D eigenvalue weighted by Crippen LogP contribution is -2.36.